The van der Waals surface area contributed by atoms with Crippen LogP contribution in [0.15, 0.2) is 54.6 Å². The van der Waals surface area contributed by atoms with Crippen LogP contribution in [0.3, 0.4) is 0 Å². The summed E-state index contributed by atoms with van der Waals surface area (Å²) in [5, 5.41) is 0. The predicted octanol–water partition coefficient (Wildman–Crippen LogP) is 3.60. The molecule has 0 spiro atoms. The quantitative estimate of drug-likeness (QED) is 0.716. The molecular weight excluding hydrogens is 230 g/mol. The molecule has 1 atom stereocenters. The van der Waals surface area contributed by atoms with Crippen LogP contribution in [0.2, 0.25) is 0 Å². The van der Waals surface area contributed by atoms with Crippen LogP contribution in [0.1, 0.15) is 22.7 Å². The lowest BCUT2D eigenvalue weighted by atomic mass is 9.87. The number of benzene rings is 2. The summed E-state index contributed by atoms with van der Waals surface area (Å²) in [5.74, 6) is 0. The molecule has 3 rings (SSSR count). The van der Waals surface area contributed by atoms with Crippen molar-refractivity contribution in [2.75, 3.05) is 20.6 Å². The highest BCUT2D eigenvalue weighted by atomic mass is 15.3. The van der Waals surface area contributed by atoms with Gasteiger partial charge < -0.3 is 4.48 Å². The molecule has 1 nitrogen and oxygen atoms in total. The number of rotatable bonds is 2. The van der Waals surface area contributed by atoms with Crippen LogP contribution in [0, 0.1) is 0 Å². The molecule has 0 saturated heterocycles. The van der Waals surface area contributed by atoms with Crippen molar-refractivity contribution in [1.82, 2.24) is 0 Å². The van der Waals surface area contributed by atoms with Gasteiger partial charge in [-0.3, -0.25) is 0 Å². The summed E-state index contributed by atoms with van der Waals surface area (Å²) in [7, 11) is 4.73. The van der Waals surface area contributed by atoms with E-state index in [9.17, 15) is 0 Å². The minimum absolute atomic E-state index is 0.576. The maximum absolute atomic E-state index is 2.36. The zero-order valence-corrected chi connectivity index (χ0v) is 11.8. The van der Waals surface area contributed by atoms with Gasteiger partial charge in [0.25, 0.3) is 0 Å². The van der Waals surface area contributed by atoms with Gasteiger partial charge in [0.05, 0.1) is 20.6 Å². The van der Waals surface area contributed by atoms with Crippen molar-refractivity contribution in [2.45, 2.75) is 18.9 Å². The van der Waals surface area contributed by atoms with E-state index >= 15 is 0 Å². The first-order valence-corrected chi connectivity index (χ1v) is 7.11. The Morgan fingerprint density at radius 3 is 2.42 bits per heavy atom. The molecule has 19 heavy (non-hydrogen) atoms. The molecule has 0 bridgehead atoms. The molecule has 0 saturated carbocycles. The van der Waals surface area contributed by atoms with E-state index in [-0.39, 0.29) is 0 Å². The summed E-state index contributed by atoms with van der Waals surface area (Å²) < 4.78 is 1.09. The summed E-state index contributed by atoms with van der Waals surface area (Å²) in [6.45, 7) is 1.23. The van der Waals surface area contributed by atoms with Gasteiger partial charge in [-0.2, -0.15) is 0 Å². The maximum atomic E-state index is 2.36. The highest BCUT2D eigenvalue weighted by Crippen LogP contribution is 2.35. The van der Waals surface area contributed by atoms with E-state index in [0.29, 0.717) is 6.04 Å². The van der Waals surface area contributed by atoms with E-state index in [1.807, 2.05) is 0 Å². The number of hydrogen-bond donors (Lipinski definition) is 0. The highest BCUT2D eigenvalue weighted by molar-refractivity contribution is 5.32. The molecule has 1 heteroatoms. The van der Waals surface area contributed by atoms with E-state index < -0.39 is 0 Å². The Morgan fingerprint density at radius 2 is 1.63 bits per heavy atom. The van der Waals surface area contributed by atoms with E-state index in [2.05, 4.69) is 68.7 Å². The van der Waals surface area contributed by atoms with Crippen LogP contribution in [0.25, 0.3) is 0 Å². The zero-order chi connectivity index (χ0) is 13.3. The largest absolute Gasteiger partial charge is 0.322 e. The number of hydrogen-bond acceptors (Lipinski definition) is 0. The average Bonchev–Trinajstić information content (AvgIpc) is 2.43. The first kappa shape index (κ1) is 12.4. The fourth-order valence-electron chi connectivity index (χ4n) is 3.22. The van der Waals surface area contributed by atoms with Gasteiger partial charge in [0.2, 0.25) is 0 Å². The van der Waals surface area contributed by atoms with E-state index in [0.717, 1.165) is 10.9 Å². The van der Waals surface area contributed by atoms with Crippen LogP contribution in [0.5, 0.6) is 0 Å². The molecule has 0 fully saturated rings. The van der Waals surface area contributed by atoms with Gasteiger partial charge in [-0.1, -0.05) is 54.6 Å². The SMILES string of the molecule is C[N+]1(C)CCc2ccccc2C1Cc1ccccc1. The fourth-order valence-corrected chi connectivity index (χ4v) is 3.22. The van der Waals surface area contributed by atoms with Crippen LogP contribution in [0.4, 0.5) is 0 Å². The van der Waals surface area contributed by atoms with Crippen molar-refractivity contribution in [3.8, 4) is 0 Å². The van der Waals surface area contributed by atoms with Gasteiger partial charge in [-0.15, -0.1) is 0 Å². The van der Waals surface area contributed by atoms with Gasteiger partial charge in [0, 0.05) is 18.4 Å². The first-order chi connectivity index (χ1) is 9.17. The maximum Gasteiger partial charge on any atom is 0.119 e. The second-order valence-electron chi connectivity index (χ2n) is 6.16. The van der Waals surface area contributed by atoms with Crippen molar-refractivity contribution in [2.24, 2.45) is 0 Å². The molecule has 1 aliphatic heterocycles. The lowest BCUT2D eigenvalue weighted by molar-refractivity contribution is -0.923. The van der Waals surface area contributed by atoms with Crippen molar-refractivity contribution < 1.29 is 4.48 Å². The third-order valence-electron chi connectivity index (χ3n) is 4.49. The van der Waals surface area contributed by atoms with Crippen molar-refractivity contribution in [3.63, 3.8) is 0 Å². The number of nitrogens with zero attached hydrogens (tertiary/aromatic N) is 1. The van der Waals surface area contributed by atoms with Gasteiger partial charge in [-0.25, -0.2) is 0 Å². The number of quaternary nitrogens is 1. The highest BCUT2D eigenvalue weighted by Gasteiger charge is 2.35. The topological polar surface area (TPSA) is 0 Å². The second-order valence-corrected chi connectivity index (χ2v) is 6.16. The van der Waals surface area contributed by atoms with Gasteiger partial charge in [0.1, 0.15) is 6.04 Å². The summed E-state index contributed by atoms with van der Waals surface area (Å²) in [6.07, 6.45) is 2.33. The summed E-state index contributed by atoms with van der Waals surface area (Å²) in [4.78, 5) is 0. The van der Waals surface area contributed by atoms with Crippen LogP contribution in [-0.4, -0.2) is 25.1 Å². The van der Waals surface area contributed by atoms with Crippen molar-refractivity contribution >= 4 is 0 Å². The first-order valence-electron chi connectivity index (χ1n) is 7.11. The fraction of sp³-hybridized carbons (Fsp3) is 0.333. The average molecular weight is 252 g/mol. The zero-order valence-electron chi connectivity index (χ0n) is 11.8. The molecule has 1 heterocycles. The lowest BCUT2D eigenvalue weighted by Crippen LogP contribution is -2.48. The smallest absolute Gasteiger partial charge is 0.119 e. The van der Waals surface area contributed by atoms with E-state index in [1.165, 1.54) is 18.5 Å². The Bertz CT molecular complexity index is 557. The summed E-state index contributed by atoms with van der Waals surface area (Å²) >= 11 is 0. The van der Waals surface area contributed by atoms with Crippen molar-refractivity contribution in [1.29, 1.82) is 0 Å². The van der Waals surface area contributed by atoms with Gasteiger partial charge in [0.15, 0.2) is 0 Å². The second kappa shape index (κ2) is 4.82. The molecule has 0 aliphatic carbocycles. The molecule has 2 aromatic carbocycles. The third kappa shape index (κ3) is 2.43. The standard InChI is InChI=1S/C18H22N/c1-19(2)13-12-16-10-6-7-11-17(16)18(19)14-15-8-4-3-5-9-15/h3-11,18H,12-14H2,1-2H3/q+1. The molecule has 98 valence electrons. The Balaban J connectivity index is 1.97. The van der Waals surface area contributed by atoms with E-state index in [4.69, 9.17) is 0 Å². The Labute approximate surface area is 116 Å². The monoisotopic (exact) mass is 252 g/mol. The summed E-state index contributed by atoms with van der Waals surface area (Å²) in [5.41, 5.74) is 4.53. The predicted molar refractivity (Wildman–Crippen MR) is 80.0 cm³/mol. The van der Waals surface area contributed by atoms with Gasteiger partial charge in [-0.05, 0) is 11.1 Å². The minimum atomic E-state index is 0.576. The Morgan fingerprint density at radius 1 is 0.947 bits per heavy atom. The number of likely N-dealkylation sites (N-methyl/N-ethyl adjacent to an activating group) is 1. The van der Waals surface area contributed by atoms with Crippen molar-refractivity contribution in [3.05, 3.63) is 71.3 Å². The summed E-state index contributed by atoms with van der Waals surface area (Å²) in [6, 6.07) is 20.4. The minimum Gasteiger partial charge on any atom is -0.322 e. The Kier molecular flexibility index (Phi) is 3.16. The molecule has 2 aromatic rings. The van der Waals surface area contributed by atoms with E-state index in [1.54, 1.807) is 11.1 Å². The molecule has 0 N–H and O–H groups in total. The normalized spacial score (nSPS) is 20.8. The molecular formula is C18H22N+. The molecule has 1 aliphatic rings. The molecule has 0 aromatic heterocycles. The van der Waals surface area contributed by atoms with Crippen LogP contribution < -0.4 is 0 Å². The molecule has 0 amide bonds. The lowest BCUT2D eigenvalue weighted by Gasteiger charge is -2.43. The number of fused-ring (bicyclic) bond motifs is 1. The molecule has 1 unspecified atom stereocenters. The van der Waals surface area contributed by atoms with Gasteiger partial charge >= 0.3 is 0 Å². The van der Waals surface area contributed by atoms with Crippen LogP contribution in [-0.2, 0) is 12.8 Å². The van der Waals surface area contributed by atoms with Crippen LogP contribution >= 0.6 is 0 Å². The Hall–Kier alpha value is -1.60. The molecule has 0 radical (unpaired) electrons. The third-order valence-corrected chi connectivity index (χ3v) is 4.49.